The van der Waals surface area contributed by atoms with Gasteiger partial charge in [0.2, 0.25) is 15.9 Å². The Morgan fingerprint density at radius 2 is 1.79 bits per heavy atom. The standard InChI is InChI=1S/C20H23ClN2O3S2/c1-27-17-9-5-15(6-10-17)14-23(19-4-2-3-13-22-20(19)24)28(25,26)18-11-7-16(21)8-12-18/h5-12,19H,2-4,13-14H2,1H3,(H,22,24)/t19-/m1/s1. The van der Waals surface area contributed by atoms with Gasteiger partial charge in [0.05, 0.1) is 4.90 Å². The largest absolute Gasteiger partial charge is 0.355 e. The number of amides is 1. The number of thioether (sulfide) groups is 1. The van der Waals surface area contributed by atoms with E-state index in [1.165, 1.54) is 16.4 Å². The van der Waals surface area contributed by atoms with E-state index in [0.29, 0.717) is 18.0 Å². The second kappa shape index (κ2) is 9.31. The molecule has 1 saturated heterocycles. The van der Waals surface area contributed by atoms with Crippen LogP contribution in [0.2, 0.25) is 5.02 Å². The van der Waals surface area contributed by atoms with Crippen LogP contribution in [0.1, 0.15) is 24.8 Å². The van der Waals surface area contributed by atoms with Gasteiger partial charge in [0, 0.05) is 23.0 Å². The molecule has 3 rings (SSSR count). The lowest BCUT2D eigenvalue weighted by atomic mass is 10.1. The highest BCUT2D eigenvalue weighted by Crippen LogP contribution is 2.26. The highest BCUT2D eigenvalue weighted by Gasteiger charge is 2.36. The van der Waals surface area contributed by atoms with Gasteiger partial charge < -0.3 is 5.32 Å². The quantitative estimate of drug-likeness (QED) is 0.694. The lowest BCUT2D eigenvalue weighted by Crippen LogP contribution is -2.48. The van der Waals surface area contributed by atoms with Gasteiger partial charge in [-0.15, -0.1) is 11.8 Å². The van der Waals surface area contributed by atoms with Gasteiger partial charge in [-0.1, -0.05) is 23.7 Å². The summed E-state index contributed by atoms with van der Waals surface area (Å²) in [7, 11) is -3.87. The minimum atomic E-state index is -3.87. The molecule has 0 aromatic heterocycles. The van der Waals surface area contributed by atoms with Crippen molar-refractivity contribution in [3.63, 3.8) is 0 Å². The summed E-state index contributed by atoms with van der Waals surface area (Å²) in [5.74, 6) is -0.240. The Morgan fingerprint density at radius 1 is 1.11 bits per heavy atom. The molecule has 0 aliphatic carbocycles. The smallest absolute Gasteiger partial charge is 0.244 e. The highest BCUT2D eigenvalue weighted by molar-refractivity contribution is 7.98. The number of benzene rings is 2. The molecule has 2 aromatic rings. The molecule has 28 heavy (non-hydrogen) atoms. The molecule has 0 unspecified atom stereocenters. The number of carbonyl (C=O) groups excluding carboxylic acids is 1. The van der Waals surface area contributed by atoms with Gasteiger partial charge >= 0.3 is 0 Å². The first-order valence-electron chi connectivity index (χ1n) is 9.10. The van der Waals surface area contributed by atoms with Gasteiger partial charge in [-0.3, -0.25) is 4.79 Å². The summed E-state index contributed by atoms with van der Waals surface area (Å²) in [4.78, 5) is 13.9. The SMILES string of the molecule is CSc1ccc(CN([C@@H]2CCCCNC2=O)S(=O)(=O)c2ccc(Cl)cc2)cc1. The molecule has 0 saturated carbocycles. The van der Waals surface area contributed by atoms with E-state index in [4.69, 9.17) is 11.6 Å². The number of halogens is 1. The number of carbonyl (C=O) groups is 1. The Labute approximate surface area is 175 Å². The number of hydrogen-bond donors (Lipinski definition) is 1. The second-order valence-electron chi connectivity index (χ2n) is 6.65. The lowest BCUT2D eigenvalue weighted by Gasteiger charge is -2.29. The van der Waals surface area contributed by atoms with Crippen molar-refractivity contribution in [2.45, 2.75) is 41.6 Å². The molecule has 0 bridgehead atoms. The average Bonchev–Trinajstić information content (AvgIpc) is 2.91. The van der Waals surface area contributed by atoms with Crippen molar-refractivity contribution in [1.82, 2.24) is 9.62 Å². The molecule has 1 fully saturated rings. The van der Waals surface area contributed by atoms with Crippen molar-refractivity contribution < 1.29 is 13.2 Å². The van der Waals surface area contributed by atoms with Gasteiger partial charge in [-0.25, -0.2) is 8.42 Å². The third-order valence-corrected chi connectivity index (χ3v) is 7.64. The van der Waals surface area contributed by atoms with Crippen LogP contribution in [0.15, 0.2) is 58.3 Å². The van der Waals surface area contributed by atoms with Gasteiger partial charge in [-0.05, 0) is 67.5 Å². The normalized spacial score (nSPS) is 18.0. The second-order valence-corrected chi connectivity index (χ2v) is 9.86. The fourth-order valence-electron chi connectivity index (χ4n) is 3.21. The Kier molecular flexibility index (Phi) is 7.04. The molecular weight excluding hydrogens is 416 g/mol. The van der Waals surface area contributed by atoms with E-state index < -0.39 is 16.1 Å². The van der Waals surface area contributed by atoms with Crippen LogP contribution in [0, 0.1) is 0 Å². The summed E-state index contributed by atoms with van der Waals surface area (Å²) in [6.45, 7) is 0.713. The van der Waals surface area contributed by atoms with Crippen molar-refractivity contribution in [3.05, 3.63) is 59.1 Å². The first-order valence-corrected chi connectivity index (χ1v) is 12.1. The molecule has 1 aliphatic rings. The van der Waals surface area contributed by atoms with Crippen molar-refractivity contribution in [3.8, 4) is 0 Å². The third kappa shape index (κ3) is 4.89. The first kappa shape index (κ1) is 21.2. The maximum absolute atomic E-state index is 13.4. The predicted molar refractivity (Wildman–Crippen MR) is 113 cm³/mol. The Bertz CT molecular complexity index is 915. The van der Waals surface area contributed by atoms with Crippen LogP contribution in [-0.4, -0.2) is 37.5 Å². The number of rotatable bonds is 6. The van der Waals surface area contributed by atoms with Crippen molar-refractivity contribution in [2.75, 3.05) is 12.8 Å². The Balaban J connectivity index is 1.99. The van der Waals surface area contributed by atoms with Crippen LogP contribution in [0.25, 0.3) is 0 Å². The van der Waals surface area contributed by atoms with Crippen LogP contribution in [0.5, 0.6) is 0 Å². The van der Waals surface area contributed by atoms with Gasteiger partial charge in [0.25, 0.3) is 0 Å². The van der Waals surface area contributed by atoms with E-state index in [1.807, 2.05) is 30.5 Å². The zero-order chi connectivity index (χ0) is 20.1. The molecule has 1 heterocycles. The minimum Gasteiger partial charge on any atom is -0.355 e. The Morgan fingerprint density at radius 3 is 2.43 bits per heavy atom. The number of nitrogens with one attached hydrogen (secondary N) is 1. The fraction of sp³-hybridized carbons (Fsp3) is 0.350. The molecule has 1 amide bonds. The van der Waals surface area contributed by atoms with Gasteiger partial charge in [0.15, 0.2) is 0 Å². The summed E-state index contributed by atoms with van der Waals surface area (Å²) in [5.41, 5.74) is 0.840. The molecule has 1 atom stereocenters. The van der Waals surface area contributed by atoms with E-state index in [0.717, 1.165) is 23.3 Å². The molecule has 0 radical (unpaired) electrons. The van der Waals surface area contributed by atoms with Crippen LogP contribution in [-0.2, 0) is 21.4 Å². The van der Waals surface area contributed by atoms with Crippen molar-refractivity contribution >= 4 is 39.3 Å². The predicted octanol–water partition coefficient (Wildman–Crippen LogP) is 3.92. The van der Waals surface area contributed by atoms with E-state index in [1.54, 1.807) is 23.9 Å². The molecule has 8 heteroatoms. The number of sulfonamides is 1. The summed E-state index contributed by atoms with van der Waals surface area (Å²) < 4.78 is 28.2. The van der Waals surface area contributed by atoms with E-state index in [2.05, 4.69) is 5.32 Å². The highest BCUT2D eigenvalue weighted by atomic mass is 35.5. The van der Waals surface area contributed by atoms with Crippen LogP contribution in [0.4, 0.5) is 0 Å². The monoisotopic (exact) mass is 438 g/mol. The third-order valence-electron chi connectivity index (χ3n) is 4.77. The minimum absolute atomic E-state index is 0.134. The van der Waals surface area contributed by atoms with Gasteiger partial charge in [-0.2, -0.15) is 4.31 Å². The van der Waals surface area contributed by atoms with Crippen LogP contribution < -0.4 is 5.32 Å². The zero-order valence-corrected chi connectivity index (χ0v) is 18.0. The molecular formula is C20H23ClN2O3S2. The summed E-state index contributed by atoms with van der Waals surface area (Å²) in [6.07, 6.45) is 4.13. The molecule has 150 valence electrons. The molecule has 5 nitrogen and oxygen atoms in total. The van der Waals surface area contributed by atoms with Crippen molar-refractivity contribution in [1.29, 1.82) is 0 Å². The topological polar surface area (TPSA) is 66.5 Å². The molecule has 0 spiro atoms. The maximum atomic E-state index is 13.4. The lowest BCUT2D eigenvalue weighted by molar-refractivity contribution is -0.124. The zero-order valence-electron chi connectivity index (χ0n) is 15.6. The number of nitrogens with zero attached hydrogens (tertiary/aromatic N) is 1. The van der Waals surface area contributed by atoms with E-state index in [9.17, 15) is 13.2 Å². The summed E-state index contributed by atoms with van der Waals surface area (Å²) in [5, 5.41) is 3.31. The first-order chi connectivity index (χ1) is 13.4. The number of hydrogen-bond acceptors (Lipinski definition) is 4. The van der Waals surface area contributed by atoms with Crippen LogP contribution >= 0.6 is 23.4 Å². The Hall–Kier alpha value is -1.54. The fourth-order valence-corrected chi connectivity index (χ4v) is 5.35. The summed E-state index contributed by atoms with van der Waals surface area (Å²) >= 11 is 7.54. The van der Waals surface area contributed by atoms with Crippen LogP contribution in [0.3, 0.4) is 0 Å². The van der Waals surface area contributed by atoms with Crippen molar-refractivity contribution in [2.24, 2.45) is 0 Å². The molecule has 1 N–H and O–H groups in total. The van der Waals surface area contributed by atoms with E-state index >= 15 is 0 Å². The maximum Gasteiger partial charge on any atom is 0.244 e. The van der Waals surface area contributed by atoms with E-state index in [-0.39, 0.29) is 17.3 Å². The molecule has 1 aliphatic heterocycles. The summed E-state index contributed by atoms with van der Waals surface area (Å²) in [6, 6.07) is 13.1. The average molecular weight is 439 g/mol. The molecule has 2 aromatic carbocycles. The van der Waals surface area contributed by atoms with Gasteiger partial charge in [0.1, 0.15) is 6.04 Å².